The first kappa shape index (κ1) is 13.1. The van der Waals surface area contributed by atoms with Crippen molar-refractivity contribution in [2.45, 2.75) is 18.9 Å². The molecule has 0 bridgehead atoms. The molecule has 1 rings (SSSR count). The van der Waals surface area contributed by atoms with Crippen molar-refractivity contribution in [1.29, 1.82) is 0 Å². The van der Waals surface area contributed by atoms with Crippen molar-refractivity contribution < 1.29 is 4.39 Å². The Hall–Kier alpha value is -0.930. The maximum Gasteiger partial charge on any atom is 0.127 e. The molecule has 0 amide bonds. The van der Waals surface area contributed by atoms with E-state index in [2.05, 4.69) is 10.2 Å². The standard InChI is InChI=1S/C13H21FN2/c1-15-10-6-9-13(16(2)3)11-7-4-5-8-12(11)14/h4-5,7-8,13,15H,6,9-10H2,1-3H3. The van der Waals surface area contributed by atoms with E-state index in [0.29, 0.717) is 0 Å². The second kappa shape index (κ2) is 6.61. The fraction of sp³-hybridized carbons (Fsp3) is 0.538. The minimum atomic E-state index is -0.106. The van der Waals surface area contributed by atoms with Crippen molar-refractivity contribution in [3.8, 4) is 0 Å². The summed E-state index contributed by atoms with van der Waals surface area (Å²) in [6.07, 6.45) is 2.02. The van der Waals surface area contributed by atoms with E-state index in [-0.39, 0.29) is 11.9 Å². The number of halogens is 1. The lowest BCUT2D eigenvalue weighted by Gasteiger charge is -2.25. The van der Waals surface area contributed by atoms with E-state index in [0.717, 1.165) is 24.9 Å². The molecule has 1 unspecified atom stereocenters. The van der Waals surface area contributed by atoms with E-state index in [1.807, 2.05) is 33.3 Å². The van der Waals surface area contributed by atoms with Crippen LogP contribution >= 0.6 is 0 Å². The largest absolute Gasteiger partial charge is 0.320 e. The first-order chi connectivity index (χ1) is 7.66. The minimum absolute atomic E-state index is 0.106. The van der Waals surface area contributed by atoms with E-state index < -0.39 is 0 Å². The molecule has 0 radical (unpaired) electrons. The molecule has 16 heavy (non-hydrogen) atoms. The summed E-state index contributed by atoms with van der Waals surface area (Å²) < 4.78 is 13.7. The molecule has 3 heteroatoms. The first-order valence-electron chi connectivity index (χ1n) is 5.72. The van der Waals surface area contributed by atoms with Gasteiger partial charge in [0.25, 0.3) is 0 Å². The number of nitrogens with zero attached hydrogens (tertiary/aromatic N) is 1. The van der Waals surface area contributed by atoms with Crippen LogP contribution in [0.1, 0.15) is 24.4 Å². The van der Waals surface area contributed by atoms with Gasteiger partial charge in [-0.05, 0) is 46.6 Å². The average molecular weight is 224 g/mol. The van der Waals surface area contributed by atoms with Gasteiger partial charge in [-0.1, -0.05) is 18.2 Å². The molecule has 1 atom stereocenters. The highest BCUT2D eigenvalue weighted by Crippen LogP contribution is 2.25. The van der Waals surface area contributed by atoms with Crippen LogP contribution in [0.25, 0.3) is 0 Å². The molecule has 0 heterocycles. The number of hydrogen-bond acceptors (Lipinski definition) is 2. The Bertz CT molecular complexity index is 313. The third kappa shape index (κ3) is 3.58. The zero-order valence-corrected chi connectivity index (χ0v) is 10.3. The van der Waals surface area contributed by atoms with Gasteiger partial charge in [0, 0.05) is 11.6 Å². The molecule has 0 aromatic heterocycles. The van der Waals surface area contributed by atoms with Gasteiger partial charge in [-0.2, -0.15) is 0 Å². The normalized spacial score (nSPS) is 13.1. The van der Waals surface area contributed by atoms with Crippen LogP contribution in [0.5, 0.6) is 0 Å². The summed E-state index contributed by atoms with van der Waals surface area (Å²) in [4.78, 5) is 2.08. The summed E-state index contributed by atoms with van der Waals surface area (Å²) in [6, 6.07) is 7.20. The molecule has 0 spiro atoms. The number of rotatable bonds is 6. The molecule has 1 N–H and O–H groups in total. The summed E-state index contributed by atoms with van der Waals surface area (Å²) in [5.74, 6) is -0.106. The second-order valence-electron chi connectivity index (χ2n) is 4.25. The summed E-state index contributed by atoms with van der Waals surface area (Å²) in [5, 5.41) is 3.12. The molecule has 2 nitrogen and oxygen atoms in total. The van der Waals surface area contributed by atoms with E-state index in [4.69, 9.17) is 0 Å². The lowest BCUT2D eigenvalue weighted by Crippen LogP contribution is -2.22. The lowest BCUT2D eigenvalue weighted by atomic mass is 10.0. The van der Waals surface area contributed by atoms with Crippen molar-refractivity contribution in [3.05, 3.63) is 35.6 Å². The Labute approximate surface area is 97.5 Å². The van der Waals surface area contributed by atoms with E-state index in [1.54, 1.807) is 6.07 Å². The molecule has 0 aliphatic heterocycles. The Morgan fingerprint density at radius 1 is 1.31 bits per heavy atom. The molecule has 0 fully saturated rings. The van der Waals surface area contributed by atoms with Gasteiger partial charge in [-0.3, -0.25) is 0 Å². The van der Waals surface area contributed by atoms with E-state index in [1.165, 1.54) is 6.07 Å². The molecule has 0 aliphatic carbocycles. The molecule has 0 saturated carbocycles. The summed E-state index contributed by atoms with van der Waals surface area (Å²) >= 11 is 0. The van der Waals surface area contributed by atoms with Crippen LogP contribution in [0.3, 0.4) is 0 Å². The topological polar surface area (TPSA) is 15.3 Å². The molecule has 0 aliphatic rings. The highest BCUT2D eigenvalue weighted by atomic mass is 19.1. The van der Waals surface area contributed by atoms with Gasteiger partial charge < -0.3 is 10.2 Å². The fourth-order valence-corrected chi connectivity index (χ4v) is 1.91. The Kier molecular flexibility index (Phi) is 5.43. The minimum Gasteiger partial charge on any atom is -0.320 e. The maximum absolute atomic E-state index is 13.7. The molecule has 1 aromatic carbocycles. The van der Waals surface area contributed by atoms with Crippen LogP contribution in [-0.2, 0) is 0 Å². The second-order valence-corrected chi connectivity index (χ2v) is 4.25. The van der Waals surface area contributed by atoms with Crippen LogP contribution in [0.2, 0.25) is 0 Å². The molecular formula is C13H21FN2. The quantitative estimate of drug-likeness (QED) is 0.747. The van der Waals surface area contributed by atoms with E-state index in [9.17, 15) is 4.39 Å². The highest BCUT2D eigenvalue weighted by Gasteiger charge is 2.16. The van der Waals surface area contributed by atoms with Gasteiger partial charge in [-0.15, -0.1) is 0 Å². The maximum atomic E-state index is 13.7. The van der Waals surface area contributed by atoms with Gasteiger partial charge >= 0.3 is 0 Å². The van der Waals surface area contributed by atoms with Gasteiger partial charge in [0.1, 0.15) is 5.82 Å². The van der Waals surface area contributed by atoms with Crippen LogP contribution in [-0.4, -0.2) is 32.6 Å². The Morgan fingerprint density at radius 3 is 2.56 bits per heavy atom. The first-order valence-corrected chi connectivity index (χ1v) is 5.72. The number of benzene rings is 1. The van der Waals surface area contributed by atoms with Crippen molar-refractivity contribution in [1.82, 2.24) is 10.2 Å². The molecular weight excluding hydrogens is 203 g/mol. The van der Waals surface area contributed by atoms with Crippen LogP contribution in [0.15, 0.2) is 24.3 Å². The third-order valence-corrected chi connectivity index (χ3v) is 2.79. The van der Waals surface area contributed by atoms with Crippen molar-refractivity contribution >= 4 is 0 Å². The lowest BCUT2D eigenvalue weighted by molar-refractivity contribution is 0.272. The van der Waals surface area contributed by atoms with Crippen molar-refractivity contribution in [2.24, 2.45) is 0 Å². The molecule has 0 saturated heterocycles. The SMILES string of the molecule is CNCCCC(c1ccccc1F)N(C)C. The zero-order valence-electron chi connectivity index (χ0n) is 10.3. The van der Waals surface area contributed by atoms with Gasteiger partial charge in [0.2, 0.25) is 0 Å². The summed E-state index contributed by atoms with van der Waals surface area (Å²) in [7, 11) is 5.93. The van der Waals surface area contributed by atoms with Crippen molar-refractivity contribution in [3.63, 3.8) is 0 Å². The third-order valence-electron chi connectivity index (χ3n) is 2.79. The fourth-order valence-electron chi connectivity index (χ4n) is 1.91. The zero-order chi connectivity index (χ0) is 12.0. The summed E-state index contributed by atoms with van der Waals surface area (Å²) in [6.45, 7) is 0.971. The van der Waals surface area contributed by atoms with Crippen molar-refractivity contribution in [2.75, 3.05) is 27.7 Å². The summed E-state index contributed by atoms with van der Waals surface area (Å²) in [5.41, 5.74) is 0.795. The predicted octanol–water partition coefficient (Wildman–Crippen LogP) is 2.43. The number of nitrogens with one attached hydrogen (secondary N) is 1. The van der Waals surface area contributed by atoms with Gasteiger partial charge in [-0.25, -0.2) is 4.39 Å². The van der Waals surface area contributed by atoms with Crippen LogP contribution < -0.4 is 5.32 Å². The highest BCUT2D eigenvalue weighted by molar-refractivity contribution is 5.21. The molecule has 1 aromatic rings. The predicted molar refractivity (Wildman–Crippen MR) is 66.0 cm³/mol. The van der Waals surface area contributed by atoms with E-state index >= 15 is 0 Å². The smallest absolute Gasteiger partial charge is 0.127 e. The number of hydrogen-bond donors (Lipinski definition) is 1. The monoisotopic (exact) mass is 224 g/mol. The average Bonchev–Trinajstić information content (AvgIpc) is 2.25. The Balaban J connectivity index is 2.74. The van der Waals surface area contributed by atoms with Crippen LogP contribution in [0, 0.1) is 5.82 Å². The Morgan fingerprint density at radius 2 is 2.00 bits per heavy atom. The molecule has 90 valence electrons. The van der Waals surface area contributed by atoms with Crippen LogP contribution in [0.4, 0.5) is 4.39 Å². The van der Waals surface area contributed by atoms with Gasteiger partial charge in [0.15, 0.2) is 0 Å². The van der Waals surface area contributed by atoms with Gasteiger partial charge in [0.05, 0.1) is 0 Å².